The molecule has 170 valence electrons. The van der Waals surface area contributed by atoms with Crippen LogP contribution in [-0.4, -0.2) is 44.0 Å². The second kappa shape index (κ2) is 8.50. The van der Waals surface area contributed by atoms with Gasteiger partial charge >= 0.3 is 0 Å². The molecule has 3 aliphatic rings. The van der Waals surface area contributed by atoms with Gasteiger partial charge in [0.2, 0.25) is 0 Å². The molecular formula is C27H31N5O. The molecule has 6 nitrogen and oxygen atoms in total. The van der Waals surface area contributed by atoms with E-state index in [4.69, 9.17) is 4.98 Å². The Labute approximate surface area is 194 Å². The van der Waals surface area contributed by atoms with Crippen molar-refractivity contribution in [3.8, 4) is 0 Å². The minimum absolute atomic E-state index is 0.193. The Bertz CT molecular complexity index is 1180. The number of piperidine rings is 1. The van der Waals surface area contributed by atoms with Crippen molar-refractivity contribution in [2.75, 3.05) is 19.6 Å². The van der Waals surface area contributed by atoms with Crippen LogP contribution in [0.15, 0.2) is 59.7 Å². The lowest BCUT2D eigenvalue weighted by atomic mass is 9.77. The fraction of sp³-hybridized carbons (Fsp3) is 0.444. The van der Waals surface area contributed by atoms with E-state index in [1.54, 1.807) is 0 Å². The lowest BCUT2D eigenvalue weighted by Gasteiger charge is -2.38. The predicted octanol–water partition coefficient (Wildman–Crippen LogP) is 3.04. The van der Waals surface area contributed by atoms with Gasteiger partial charge in [0.05, 0.1) is 11.3 Å². The topological polar surface area (TPSA) is 54.3 Å². The third kappa shape index (κ3) is 4.13. The summed E-state index contributed by atoms with van der Waals surface area (Å²) in [7, 11) is 0. The Morgan fingerprint density at radius 3 is 2.48 bits per heavy atom. The molecule has 1 aromatic carbocycles. The number of fused-ring (bicyclic) bond motifs is 2. The van der Waals surface area contributed by atoms with Crippen LogP contribution in [0.3, 0.4) is 0 Å². The second-order valence-corrected chi connectivity index (χ2v) is 10.1. The second-order valence-electron chi connectivity index (χ2n) is 10.1. The number of hydrogen-bond acceptors (Lipinski definition) is 5. The minimum atomic E-state index is 0.193. The average Bonchev–Trinajstić information content (AvgIpc) is 3.21. The normalized spacial score (nSPS) is 20.0. The molecule has 0 radical (unpaired) electrons. The molecule has 0 amide bonds. The Balaban J connectivity index is 1.15. The van der Waals surface area contributed by atoms with Gasteiger partial charge in [-0.1, -0.05) is 36.4 Å². The van der Waals surface area contributed by atoms with Crippen LogP contribution in [0, 0.1) is 5.41 Å². The molecule has 1 saturated heterocycles. The summed E-state index contributed by atoms with van der Waals surface area (Å²) in [5.41, 5.74) is 4.94. The van der Waals surface area contributed by atoms with E-state index in [9.17, 15) is 4.79 Å². The highest BCUT2D eigenvalue weighted by atomic mass is 16.1. The van der Waals surface area contributed by atoms with Crippen LogP contribution < -0.4 is 5.56 Å². The first-order valence-corrected chi connectivity index (χ1v) is 12.2. The maximum absolute atomic E-state index is 13.5. The number of aromatic nitrogens is 3. The Hall–Kier alpha value is -2.83. The number of hydrogen-bond donors (Lipinski definition) is 0. The molecule has 0 aliphatic carbocycles. The zero-order chi connectivity index (χ0) is 22.3. The first-order chi connectivity index (χ1) is 16.2. The van der Waals surface area contributed by atoms with Gasteiger partial charge in [0.1, 0.15) is 5.82 Å². The van der Waals surface area contributed by atoms with E-state index in [-0.39, 0.29) is 11.0 Å². The largest absolute Gasteiger partial charge is 0.299 e. The number of rotatable bonds is 4. The van der Waals surface area contributed by atoms with Gasteiger partial charge in [-0.15, -0.1) is 0 Å². The molecule has 33 heavy (non-hydrogen) atoms. The summed E-state index contributed by atoms with van der Waals surface area (Å²) in [5, 5.41) is 0. The zero-order valence-electron chi connectivity index (χ0n) is 19.1. The molecule has 3 aliphatic heterocycles. The summed E-state index contributed by atoms with van der Waals surface area (Å²) in [5.74, 6) is 1.02. The summed E-state index contributed by atoms with van der Waals surface area (Å²) < 4.78 is 2.02. The number of benzene rings is 1. The van der Waals surface area contributed by atoms with Crippen LogP contribution in [0.5, 0.6) is 0 Å². The van der Waals surface area contributed by atoms with Crippen molar-refractivity contribution < 1.29 is 0 Å². The van der Waals surface area contributed by atoms with E-state index in [1.807, 2.05) is 29.1 Å². The predicted molar refractivity (Wildman–Crippen MR) is 128 cm³/mol. The Morgan fingerprint density at radius 1 is 0.909 bits per heavy atom. The van der Waals surface area contributed by atoms with Gasteiger partial charge in [0.15, 0.2) is 0 Å². The van der Waals surface area contributed by atoms with Crippen molar-refractivity contribution in [1.82, 2.24) is 24.3 Å². The molecular weight excluding hydrogens is 410 g/mol. The number of nitrogens with zero attached hydrogens (tertiary/aromatic N) is 5. The summed E-state index contributed by atoms with van der Waals surface area (Å²) >= 11 is 0. The van der Waals surface area contributed by atoms with E-state index < -0.39 is 0 Å². The van der Waals surface area contributed by atoms with Crippen molar-refractivity contribution in [1.29, 1.82) is 0 Å². The van der Waals surface area contributed by atoms with Crippen LogP contribution in [0.25, 0.3) is 0 Å². The molecule has 1 fully saturated rings. The summed E-state index contributed by atoms with van der Waals surface area (Å²) in [6.45, 7) is 6.50. The first-order valence-electron chi connectivity index (χ1n) is 12.2. The number of likely N-dealkylation sites (tertiary alicyclic amines) is 1. The third-order valence-corrected chi connectivity index (χ3v) is 7.80. The molecule has 1 spiro atoms. The van der Waals surface area contributed by atoms with Gasteiger partial charge < -0.3 is 0 Å². The number of pyridine rings is 1. The lowest BCUT2D eigenvalue weighted by molar-refractivity contribution is 0.0977. The van der Waals surface area contributed by atoms with Crippen molar-refractivity contribution in [3.63, 3.8) is 0 Å². The van der Waals surface area contributed by atoms with Crippen LogP contribution in [-0.2, 0) is 39.0 Å². The molecule has 6 heteroatoms. The maximum atomic E-state index is 13.5. The van der Waals surface area contributed by atoms with E-state index in [0.717, 1.165) is 82.0 Å². The molecule has 0 N–H and O–H groups in total. The van der Waals surface area contributed by atoms with Gasteiger partial charge in [0, 0.05) is 58.0 Å². The van der Waals surface area contributed by atoms with E-state index in [1.165, 1.54) is 11.1 Å². The monoisotopic (exact) mass is 441 g/mol. The maximum Gasteiger partial charge on any atom is 0.258 e. The Kier molecular flexibility index (Phi) is 5.35. The summed E-state index contributed by atoms with van der Waals surface area (Å²) in [6, 6.07) is 14.7. The first kappa shape index (κ1) is 20.8. The molecule has 3 aromatic rings. The van der Waals surface area contributed by atoms with Crippen LogP contribution >= 0.6 is 0 Å². The average molecular weight is 442 g/mol. The van der Waals surface area contributed by atoms with E-state index >= 15 is 0 Å². The van der Waals surface area contributed by atoms with Gasteiger partial charge in [-0.05, 0) is 48.5 Å². The van der Waals surface area contributed by atoms with Gasteiger partial charge in [-0.2, -0.15) is 0 Å². The molecule has 5 heterocycles. The molecule has 0 unspecified atom stereocenters. The van der Waals surface area contributed by atoms with Crippen LogP contribution in [0.2, 0.25) is 0 Å². The van der Waals surface area contributed by atoms with Gasteiger partial charge in [-0.25, -0.2) is 4.98 Å². The molecule has 2 aromatic heterocycles. The van der Waals surface area contributed by atoms with E-state index in [0.29, 0.717) is 6.54 Å². The highest BCUT2D eigenvalue weighted by Crippen LogP contribution is 2.41. The molecule has 0 saturated carbocycles. The highest BCUT2D eigenvalue weighted by molar-refractivity contribution is 5.25. The molecule has 6 rings (SSSR count). The zero-order valence-corrected chi connectivity index (χ0v) is 19.1. The van der Waals surface area contributed by atoms with E-state index in [2.05, 4.69) is 45.1 Å². The SMILES string of the molecule is O=c1c2c(nc3n1CC1(CCN(Cc4cccnc4)CC1)C3)CCN(Cc1ccccc1)C2. The van der Waals surface area contributed by atoms with Crippen molar-refractivity contribution in [2.24, 2.45) is 5.41 Å². The van der Waals surface area contributed by atoms with Crippen molar-refractivity contribution >= 4 is 0 Å². The van der Waals surface area contributed by atoms with Gasteiger partial charge in [0.25, 0.3) is 5.56 Å². The highest BCUT2D eigenvalue weighted by Gasteiger charge is 2.42. The quantitative estimate of drug-likeness (QED) is 0.623. The molecule has 0 atom stereocenters. The summed E-state index contributed by atoms with van der Waals surface area (Å²) in [6.07, 6.45) is 7.86. The standard InChI is InChI=1S/C27H31N5O/c33-26-23-19-31(17-21-5-2-1-3-6-21)12-8-24(23)29-25-15-27(20-32(25)26)9-13-30(14-10-27)18-22-7-4-11-28-16-22/h1-7,11,16H,8-10,12-15,17-20H2. The van der Waals surface area contributed by atoms with Crippen molar-refractivity contribution in [3.05, 3.63) is 93.4 Å². The van der Waals surface area contributed by atoms with Crippen LogP contribution in [0.1, 0.15) is 41.1 Å². The third-order valence-electron chi connectivity index (χ3n) is 7.80. The van der Waals surface area contributed by atoms with Crippen molar-refractivity contribution in [2.45, 2.75) is 51.9 Å². The Morgan fingerprint density at radius 2 is 1.70 bits per heavy atom. The van der Waals surface area contributed by atoms with Crippen LogP contribution in [0.4, 0.5) is 0 Å². The fourth-order valence-corrected chi connectivity index (χ4v) is 5.89. The fourth-order valence-electron chi connectivity index (χ4n) is 5.89. The van der Waals surface area contributed by atoms with Gasteiger partial charge in [-0.3, -0.25) is 24.1 Å². The summed E-state index contributed by atoms with van der Waals surface area (Å²) in [4.78, 5) is 27.7. The smallest absolute Gasteiger partial charge is 0.258 e. The molecule has 0 bridgehead atoms. The lowest BCUT2D eigenvalue weighted by Crippen LogP contribution is -2.41. The minimum Gasteiger partial charge on any atom is -0.299 e.